The molecule has 5 rings (SSSR count). The van der Waals surface area contributed by atoms with E-state index in [9.17, 15) is 0 Å². The van der Waals surface area contributed by atoms with Gasteiger partial charge in [-0.15, -0.1) is 0 Å². The van der Waals surface area contributed by atoms with E-state index >= 15 is 0 Å². The van der Waals surface area contributed by atoms with Gasteiger partial charge in [0.25, 0.3) is 0 Å². The highest BCUT2D eigenvalue weighted by molar-refractivity contribution is 6.30. The van der Waals surface area contributed by atoms with Crippen LogP contribution in [0.15, 0.2) is 72.8 Å². The molecule has 2 heterocycles. The molecule has 0 atom stereocenters. The van der Waals surface area contributed by atoms with Crippen molar-refractivity contribution in [3.05, 3.63) is 106 Å². The number of rotatable bonds is 8. The Labute approximate surface area is 216 Å². The van der Waals surface area contributed by atoms with E-state index in [1.54, 1.807) is 11.1 Å². The normalized spacial score (nSPS) is 17.7. The van der Waals surface area contributed by atoms with Crippen molar-refractivity contribution in [2.45, 2.75) is 64.6 Å². The first-order valence-corrected chi connectivity index (χ1v) is 13.9. The second kappa shape index (κ2) is 12.2. The van der Waals surface area contributed by atoms with Gasteiger partial charge in [-0.05, 0) is 104 Å². The van der Waals surface area contributed by atoms with E-state index in [-0.39, 0.29) is 0 Å². The van der Waals surface area contributed by atoms with Crippen molar-refractivity contribution in [1.82, 2.24) is 9.80 Å². The Balaban J connectivity index is 1.08. The van der Waals surface area contributed by atoms with E-state index in [0.717, 1.165) is 30.6 Å². The summed E-state index contributed by atoms with van der Waals surface area (Å²) in [5.74, 6) is 0.882. The third kappa shape index (κ3) is 7.19. The zero-order valence-electron chi connectivity index (χ0n) is 21.0. The zero-order chi connectivity index (χ0) is 23.9. The van der Waals surface area contributed by atoms with Gasteiger partial charge in [-0.25, -0.2) is 0 Å². The lowest BCUT2D eigenvalue weighted by Crippen LogP contribution is -2.33. The highest BCUT2D eigenvalue weighted by atomic mass is 35.5. The molecule has 0 amide bonds. The van der Waals surface area contributed by atoms with Crippen LogP contribution < -0.4 is 0 Å². The molecule has 3 aromatic rings. The van der Waals surface area contributed by atoms with E-state index in [1.807, 2.05) is 6.07 Å². The molecular formula is C32H39ClN2. The summed E-state index contributed by atoms with van der Waals surface area (Å²) in [6, 6.07) is 26.6. The van der Waals surface area contributed by atoms with Crippen molar-refractivity contribution in [1.29, 1.82) is 0 Å². The molecule has 0 spiro atoms. The van der Waals surface area contributed by atoms with Gasteiger partial charge in [0.05, 0.1) is 0 Å². The number of nitrogens with zero attached hydrogens (tertiary/aromatic N) is 2. The van der Waals surface area contributed by atoms with Crippen LogP contribution >= 0.6 is 11.6 Å². The van der Waals surface area contributed by atoms with Gasteiger partial charge in [-0.1, -0.05) is 78.7 Å². The predicted molar refractivity (Wildman–Crippen MR) is 148 cm³/mol. The van der Waals surface area contributed by atoms with Crippen molar-refractivity contribution in [2.75, 3.05) is 19.6 Å². The van der Waals surface area contributed by atoms with E-state index in [1.165, 1.54) is 81.3 Å². The van der Waals surface area contributed by atoms with Crippen LogP contribution in [0.3, 0.4) is 0 Å². The minimum Gasteiger partial charge on any atom is -0.299 e. The van der Waals surface area contributed by atoms with Gasteiger partial charge >= 0.3 is 0 Å². The van der Waals surface area contributed by atoms with Crippen molar-refractivity contribution in [3.63, 3.8) is 0 Å². The Bertz CT molecular complexity index is 1070. The van der Waals surface area contributed by atoms with Crippen LogP contribution in [-0.4, -0.2) is 29.4 Å². The quantitative estimate of drug-likeness (QED) is 0.324. The molecule has 1 fully saturated rings. The van der Waals surface area contributed by atoms with Crippen molar-refractivity contribution < 1.29 is 0 Å². The fraction of sp³-hybridized carbons (Fsp3) is 0.438. The summed E-state index contributed by atoms with van der Waals surface area (Å²) >= 11 is 6.16. The molecule has 3 heteroatoms. The fourth-order valence-electron chi connectivity index (χ4n) is 5.94. The minimum absolute atomic E-state index is 0.846. The average Bonchev–Trinajstić information content (AvgIpc) is 3.07. The Hall–Kier alpha value is -2.13. The van der Waals surface area contributed by atoms with Crippen molar-refractivity contribution >= 4 is 11.6 Å². The molecule has 0 N–H and O–H groups in total. The minimum atomic E-state index is 0.846. The Morgan fingerprint density at radius 1 is 0.714 bits per heavy atom. The van der Waals surface area contributed by atoms with Gasteiger partial charge < -0.3 is 0 Å². The maximum absolute atomic E-state index is 6.16. The summed E-state index contributed by atoms with van der Waals surface area (Å²) in [4.78, 5) is 5.22. The lowest BCUT2D eigenvalue weighted by atomic mass is 9.90. The largest absolute Gasteiger partial charge is 0.299 e. The standard InChI is InChI=1S/C32H39ClN2/c33-32-13-5-11-29(22-32)24-34-19-16-26(17-20-34)9-4-10-27-14-15-30-12-6-18-35(25-31(30)21-27)23-28-7-2-1-3-8-28/h1-3,5,7-8,11,13-15,21-22,26H,4,6,9-10,12,16-20,23-25H2. The third-order valence-corrected chi connectivity index (χ3v) is 8.15. The van der Waals surface area contributed by atoms with Gasteiger partial charge in [0, 0.05) is 24.7 Å². The smallest absolute Gasteiger partial charge is 0.0409 e. The first-order chi connectivity index (χ1) is 17.2. The molecule has 0 unspecified atom stereocenters. The van der Waals surface area contributed by atoms with Crippen LogP contribution in [0.4, 0.5) is 0 Å². The van der Waals surface area contributed by atoms with Crippen LogP contribution in [0, 0.1) is 5.92 Å². The number of aryl methyl sites for hydroxylation is 2. The monoisotopic (exact) mass is 486 g/mol. The van der Waals surface area contributed by atoms with Gasteiger partial charge in [-0.3, -0.25) is 9.80 Å². The van der Waals surface area contributed by atoms with Gasteiger partial charge in [0.1, 0.15) is 0 Å². The summed E-state index contributed by atoms with van der Waals surface area (Å²) in [6.45, 7) is 6.79. The highest BCUT2D eigenvalue weighted by Gasteiger charge is 2.19. The first kappa shape index (κ1) is 24.6. The van der Waals surface area contributed by atoms with Crippen LogP contribution in [0.5, 0.6) is 0 Å². The fourth-order valence-corrected chi connectivity index (χ4v) is 6.15. The van der Waals surface area contributed by atoms with Crippen molar-refractivity contribution in [3.8, 4) is 0 Å². The summed E-state index contributed by atoms with van der Waals surface area (Å²) in [7, 11) is 0. The van der Waals surface area contributed by atoms with Crippen LogP contribution in [0.1, 0.15) is 59.9 Å². The summed E-state index contributed by atoms with van der Waals surface area (Å²) < 4.78 is 0. The van der Waals surface area contributed by atoms with Crippen LogP contribution in [0.2, 0.25) is 5.02 Å². The van der Waals surface area contributed by atoms with E-state index in [2.05, 4.69) is 76.5 Å². The maximum atomic E-state index is 6.16. The van der Waals surface area contributed by atoms with Gasteiger partial charge in [0.15, 0.2) is 0 Å². The van der Waals surface area contributed by atoms with E-state index < -0.39 is 0 Å². The number of benzene rings is 3. The lowest BCUT2D eigenvalue weighted by Gasteiger charge is -2.32. The number of hydrogen-bond donors (Lipinski definition) is 0. The zero-order valence-corrected chi connectivity index (χ0v) is 21.7. The molecule has 3 aromatic carbocycles. The number of fused-ring (bicyclic) bond motifs is 1. The number of halogens is 1. The molecule has 0 radical (unpaired) electrons. The van der Waals surface area contributed by atoms with E-state index in [4.69, 9.17) is 11.6 Å². The first-order valence-electron chi connectivity index (χ1n) is 13.5. The summed E-state index contributed by atoms with van der Waals surface area (Å²) in [5.41, 5.74) is 7.41. The third-order valence-electron chi connectivity index (χ3n) is 7.91. The number of hydrogen-bond acceptors (Lipinski definition) is 2. The Kier molecular flexibility index (Phi) is 8.57. The number of likely N-dealkylation sites (tertiary alicyclic amines) is 1. The second-order valence-corrected chi connectivity index (χ2v) is 11.1. The second-order valence-electron chi connectivity index (χ2n) is 10.6. The topological polar surface area (TPSA) is 6.48 Å². The number of piperidine rings is 1. The molecule has 2 aliphatic rings. The Morgan fingerprint density at radius 2 is 1.51 bits per heavy atom. The molecule has 35 heavy (non-hydrogen) atoms. The molecule has 0 aromatic heterocycles. The van der Waals surface area contributed by atoms with Gasteiger partial charge in [-0.2, -0.15) is 0 Å². The molecule has 1 saturated heterocycles. The summed E-state index contributed by atoms with van der Waals surface area (Å²) in [5, 5.41) is 0.846. The molecule has 2 aliphatic heterocycles. The van der Waals surface area contributed by atoms with E-state index in [0.29, 0.717) is 0 Å². The van der Waals surface area contributed by atoms with Gasteiger partial charge in [0.2, 0.25) is 0 Å². The Morgan fingerprint density at radius 3 is 2.34 bits per heavy atom. The summed E-state index contributed by atoms with van der Waals surface area (Å²) in [6.07, 6.45) is 9.03. The van der Waals surface area contributed by atoms with Crippen molar-refractivity contribution in [2.24, 2.45) is 5.92 Å². The molecule has 0 saturated carbocycles. The van der Waals surface area contributed by atoms with Crippen LogP contribution in [-0.2, 0) is 32.5 Å². The molecule has 0 bridgehead atoms. The SMILES string of the molecule is Clc1cccc(CN2CCC(CCCc3ccc4c(c3)CN(Cc3ccccc3)CCC4)CC2)c1. The maximum Gasteiger partial charge on any atom is 0.0409 e. The molecule has 2 nitrogen and oxygen atoms in total. The molecule has 184 valence electrons. The van der Waals surface area contributed by atoms with Crippen LogP contribution in [0.25, 0.3) is 0 Å². The lowest BCUT2D eigenvalue weighted by molar-refractivity contribution is 0.171. The highest BCUT2D eigenvalue weighted by Crippen LogP contribution is 2.26. The molecule has 0 aliphatic carbocycles. The average molecular weight is 487 g/mol. The predicted octanol–water partition coefficient (Wildman–Crippen LogP) is 7.52. The molecular weight excluding hydrogens is 448 g/mol.